The van der Waals surface area contributed by atoms with Gasteiger partial charge in [-0.3, -0.25) is 4.79 Å². The van der Waals surface area contributed by atoms with E-state index in [-0.39, 0.29) is 5.91 Å². The summed E-state index contributed by atoms with van der Waals surface area (Å²) in [6.45, 7) is 2.66. The molecule has 3 rings (SSSR count). The van der Waals surface area contributed by atoms with Gasteiger partial charge in [-0.25, -0.2) is 0 Å². The molecule has 1 aromatic carbocycles. The highest BCUT2D eigenvalue weighted by molar-refractivity contribution is 6.29. The van der Waals surface area contributed by atoms with Gasteiger partial charge >= 0.3 is 0 Å². The topological polar surface area (TPSA) is 46.1 Å². The van der Waals surface area contributed by atoms with Gasteiger partial charge in [0.15, 0.2) is 10.8 Å². The first-order valence-electron chi connectivity index (χ1n) is 6.99. The van der Waals surface area contributed by atoms with Crippen LogP contribution in [0.1, 0.15) is 34.5 Å². The van der Waals surface area contributed by atoms with Crippen LogP contribution in [0, 0.1) is 6.92 Å². The first-order chi connectivity index (χ1) is 10.1. The van der Waals surface area contributed by atoms with Crippen LogP contribution < -0.4 is 0 Å². The number of carbonyl (C=O) groups is 1. The largest absolute Gasteiger partial charge is 0.330 e. The average molecular weight is 302 g/mol. The Morgan fingerprint density at radius 3 is 2.71 bits per heavy atom. The zero-order chi connectivity index (χ0) is 14.8. The predicted molar refractivity (Wildman–Crippen MR) is 81.1 cm³/mol. The monoisotopic (exact) mass is 301 g/mol. The number of benzene rings is 1. The molecule has 0 unspecified atom stereocenters. The Hall–Kier alpha value is -1.94. The predicted octanol–water partition coefficient (Wildman–Crippen LogP) is 3.24. The van der Waals surface area contributed by atoms with Crippen molar-refractivity contribution in [2.45, 2.75) is 32.4 Å². The zero-order valence-corrected chi connectivity index (χ0v) is 12.5. The van der Waals surface area contributed by atoms with Gasteiger partial charge in [-0.2, -0.15) is 0 Å². The lowest BCUT2D eigenvalue weighted by Crippen LogP contribution is -2.33. The van der Waals surface area contributed by atoms with Crippen LogP contribution >= 0.6 is 11.6 Å². The van der Waals surface area contributed by atoms with Crippen molar-refractivity contribution in [1.29, 1.82) is 0 Å². The van der Waals surface area contributed by atoms with E-state index in [0.717, 1.165) is 18.4 Å². The van der Waals surface area contributed by atoms with Crippen LogP contribution in [0.15, 0.2) is 36.4 Å². The number of carbonyl (C=O) groups excluding carboxylic acids is 1. The van der Waals surface area contributed by atoms with Gasteiger partial charge in [0.1, 0.15) is 0 Å². The van der Waals surface area contributed by atoms with E-state index in [4.69, 9.17) is 11.6 Å². The molecule has 1 saturated carbocycles. The molecular formula is C16H16ClN3O. The fraction of sp³-hybridized carbons (Fsp3) is 0.312. The van der Waals surface area contributed by atoms with Crippen molar-refractivity contribution in [3.05, 3.63) is 58.4 Å². The number of hydrogen-bond donors (Lipinski definition) is 0. The minimum absolute atomic E-state index is 0.0804. The van der Waals surface area contributed by atoms with Gasteiger partial charge < -0.3 is 4.90 Å². The molecular weight excluding hydrogens is 286 g/mol. The molecule has 0 radical (unpaired) electrons. The van der Waals surface area contributed by atoms with Crippen LogP contribution in [0.25, 0.3) is 0 Å². The zero-order valence-electron chi connectivity index (χ0n) is 11.8. The second-order valence-corrected chi connectivity index (χ2v) is 5.78. The number of amides is 1. The third-order valence-corrected chi connectivity index (χ3v) is 3.74. The molecule has 1 heterocycles. The molecule has 1 aliphatic rings. The summed E-state index contributed by atoms with van der Waals surface area (Å²) in [6, 6.07) is 11.8. The molecule has 1 amide bonds. The molecule has 0 N–H and O–H groups in total. The SMILES string of the molecule is Cc1cccc(CN(C(=O)c2ccc(Cl)nn2)C2CC2)c1. The van der Waals surface area contributed by atoms with Crippen LogP contribution in [0.2, 0.25) is 5.15 Å². The Bertz CT molecular complexity index is 653. The number of rotatable bonds is 4. The maximum Gasteiger partial charge on any atom is 0.274 e. The number of aryl methyl sites for hydroxylation is 1. The molecule has 1 fully saturated rings. The lowest BCUT2D eigenvalue weighted by Gasteiger charge is -2.22. The van der Waals surface area contributed by atoms with Crippen LogP contribution in [0.4, 0.5) is 0 Å². The summed E-state index contributed by atoms with van der Waals surface area (Å²) in [7, 11) is 0. The van der Waals surface area contributed by atoms with E-state index in [0.29, 0.717) is 23.4 Å². The second-order valence-electron chi connectivity index (χ2n) is 5.39. The van der Waals surface area contributed by atoms with E-state index in [1.54, 1.807) is 12.1 Å². The molecule has 0 saturated heterocycles. The third-order valence-electron chi connectivity index (χ3n) is 3.54. The van der Waals surface area contributed by atoms with E-state index in [1.165, 1.54) is 5.56 Å². The number of halogens is 1. The molecule has 1 aliphatic carbocycles. The van der Waals surface area contributed by atoms with Crippen LogP contribution in [0.5, 0.6) is 0 Å². The van der Waals surface area contributed by atoms with E-state index in [2.05, 4.69) is 29.3 Å². The highest BCUT2D eigenvalue weighted by atomic mass is 35.5. The highest BCUT2D eigenvalue weighted by Gasteiger charge is 2.33. The fourth-order valence-corrected chi connectivity index (χ4v) is 2.44. The first-order valence-corrected chi connectivity index (χ1v) is 7.37. The van der Waals surface area contributed by atoms with Crippen molar-refractivity contribution in [2.75, 3.05) is 0 Å². The fourth-order valence-electron chi connectivity index (χ4n) is 2.34. The third kappa shape index (κ3) is 3.39. The molecule has 0 bridgehead atoms. The Morgan fingerprint density at radius 1 is 1.29 bits per heavy atom. The summed E-state index contributed by atoms with van der Waals surface area (Å²) in [6.07, 6.45) is 2.11. The number of nitrogens with zero attached hydrogens (tertiary/aromatic N) is 3. The summed E-state index contributed by atoms with van der Waals surface area (Å²) >= 11 is 5.72. The number of aromatic nitrogens is 2. The Balaban J connectivity index is 1.81. The van der Waals surface area contributed by atoms with Gasteiger partial charge in [0, 0.05) is 12.6 Å². The molecule has 0 aliphatic heterocycles. The van der Waals surface area contributed by atoms with Gasteiger partial charge in [0.25, 0.3) is 5.91 Å². The molecule has 0 spiro atoms. The number of hydrogen-bond acceptors (Lipinski definition) is 3. The van der Waals surface area contributed by atoms with E-state index >= 15 is 0 Å². The van der Waals surface area contributed by atoms with Gasteiger partial charge in [-0.15, -0.1) is 10.2 Å². The van der Waals surface area contributed by atoms with Gasteiger partial charge in [0.2, 0.25) is 0 Å². The standard InChI is InChI=1S/C16H16ClN3O/c1-11-3-2-4-12(9-11)10-20(13-5-6-13)16(21)14-7-8-15(17)19-18-14/h2-4,7-9,13H,5-6,10H2,1H3. The quantitative estimate of drug-likeness (QED) is 0.871. The summed E-state index contributed by atoms with van der Waals surface area (Å²) in [5.74, 6) is -0.0804. The lowest BCUT2D eigenvalue weighted by atomic mass is 10.1. The smallest absolute Gasteiger partial charge is 0.274 e. The normalized spacial score (nSPS) is 14.0. The Morgan fingerprint density at radius 2 is 2.10 bits per heavy atom. The van der Waals surface area contributed by atoms with Gasteiger partial charge in [0.05, 0.1) is 0 Å². The summed E-state index contributed by atoms with van der Waals surface area (Å²) in [4.78, 5) is 14.5. The Kier molecular flexibility index (Phi) is 3.88. The maximum absolute atomic E-state index is 12.6. The van der Waals surface area contributed by atoms with Crippen molar-refractivity contribution < 1.29 is 4.79 Å². The molecule has 21 heavy (non-hydrogen) atoms. The van der Waals surface area contributed by atoms with Crippen molar-refractivity contribution in [2.24, 2.45) is 0 Å². The van der Waals surface area contributed by atoms with Crippen molar-refractivity contribution in [3.8, 4) is 0 Å². The molecule has 5 heteroatoms. The Labute approximate surface area is 128 Å². The minimum atomic E-state index is -0.0804. The van der Waals surface area contributed by atoms with Gasteiger partial charge in [-0.05, 0) is 37.5 Å². The molecule has 4 nitrogen and oxygen atoms in total. The molecule has 0 atom stereocenters. The van der Waals surface area contributed by atoms with Crippen LogP contribution in [-0.4, -0.2) is 27.0 Å². The van der Waals surface area contributed by atoms with E-state index in [1.807, 2.05) is 17.0 Å². The maximum atomic E-state index is 12.6. The van der Waals surface area contributed by atoms with Crippen molar-refractivity contribution >= 4 is 17.5 Å². The lowest BCUT2D eigenvalue weighted by molar-refractivity contribution is 0.0722. The van der Waals surface area contributed by atoms with Crippen molar-refractivity contribution in [3.63, 3.8) is 0 Å². The van der Waals surface area contributed by atoms with Crippen molar-refractivity contribution in [1.82, 2.24) is 15.1 Å². The van der Waals surface area contributed by atoms with Gasteiger partial charge in [-0.1, -0.05) is 41.4 Å². The minimum Gasteiger partial charge on any atom is -0.330 e. The summed E-state index contributed by atoms with van der Waals surface area (Å²) < 4.78 is 0. The second kappa shape index (κ2) is 5.82. The molecule has 108 valence electrons. The van der Waals surface area contributed by atoms with E-state index < -0.39 is 0 Å². The summed E-state index contributed by atoms with van der Waals surface area (Å²) in [5.41, 5.74) is 2.68. The molecule has 2 aromatic rings. The average Bonchev–Trinajstić information content (AvgIpc) is 3.29. The van der Waals surface area contributed by atoms with Crippen LogP contribution in [0.3, 0.4) is 0 Å². The first kappa shape index (κ1) is 14.0. The van der Waals surface area contributed by atoms with Crippen LogP contribution in [-0.2, 0) is 6.54 Å². The molecule has 1 aromatic heterocycles. The van der Waals surface area contributed by atoms with E-state index in [9.17, 15) is 4.79 Å². The summed E-state index contributed by atoms with van der Waals surface area (Å²) in [5, 5.41) is 7.94. The highest BCUT2D eigenvalue weighted by Crippen LogP contribution is 2.29.